The third-order valence-corrected chi connectivity index (χ3v) is 2.55. The van der Waals surface area contributed by atoms with Gasteiger partial charge in [-0.15, -0.1) is 0 Å². The largest absolute Gasteiger partial charge is 0.481 e. The molecule has 0 saturated carbocycles. The van der Waals surface area contributed by atoms with Crippen molar-refractivity contribution in [1.29, 1.82) is 0 Å². The summed E-state index contributed by atoms with van der Waals surface area (Å²) in [4.78, 5) is 10.3. The van der Waals surface area contributed by atoms with Crippen molar-refractivity contribution in [2.45, 2.75) is 45.4 Å². The second-order valence-corrected chi connectivity index (χ2v) is 4.41. The molecule has 0 atom stereocenters. The Morgan fingerprint density at radius 2 is 1.35 bits per heavy atom. The molecule has 0 aromatic carbocycles. The molecule has 0 heterocycles. The molecule has 0 saturated heterocycles. The quantitative estimate of drug-likeness (QED) is 0.414. The minimum Gasteiger partial charge on any atom is -0.481 e. The van der Waals surface area contributed by atoms with Gasteiger partial charge in [0, 0.05) is 6.42 Å². The van der Waals surface area contributed by atoms with Gasteiger partial charge in [0.1, 0.15) is 0 Å². The number of unbranched alkanes of at least 4 members (excludes halogenated alkanes) is 3. The zero-order valence-corrected chi connectivity index (χ0v) is 12.4. The van der Waals surface area contributed by atoms with Crippen molar-refractivity contribution < 1.29 is 9.90 Å². The van der Waals surface area contributed by atoms with E-state index >= 15 is 0 Å². The van der Waals surface area contributed by atoms with Crippen LogP contribution in [-0.2, 0) is 4.79 Å². The smallest absolute Gasteiger partial charge is 0.303 e. The minimum absolute atomic E-state index is 0.287. The molecule has 0 aliphatic rings. The van der Waals surface area contributed by atoms with Crippen LogP contribution in [0.1, 0.15) is 45.4 Å². The van der Waals surface area contributed by atoms with Crippen LogP contribution in [0.25, 0.3) is 0 Å². The van der Waals surface area contributed by atoms with Crippen LogP contribution >= 0.6 is 0 Å². The average Bonchev–Trinajstić information content (AvgIpc) is 2.43. The van der Waals surface area contributed by atoms with E-state index in [2.05, 4.69) is 19.1 Å². The van der Waals surface area contributed by atoms with E-state index in [1.807, 2.05) is 48.6 Å². The van der Waals surface area contributed by atoms with Crippen molar-refractivity contribution in [2.24, 2.45) is 0 Å². The summed E-state index contributed by atoms with van der Waals surface area (Å²) in [6.07, 6.45) is 25.5. The average molecular weight is 274 g/mol. The monoisotopic (exact) mass is 274 g/mol. The third kappa shape index (κ3) is 16.2. The molecule has 0 aromatic rings. The molecule has 0 rings (SSSR count). The van der Waals surface area contributed by atoms with Gasteiger partial charge in [0.25, 0.3) is 0 Å². The normalized spacial score (nSPS) is 12.8. The molecule has 110 valence electrons. The minimum atomic E-state index is -0.700. The maximum Gasteiger partial charge on any atom is 0.303 e. The molecule has 0 aromatic heterocycles. The van der Waals surface area contributed by atoms with Crippen LogP contribution in [-0.4, -0.2) is 11.1 Å². The molecule has 20 heavy (non-hydrogen) atoms. The number of allylic oxidation sites excluding steroid dienone is 10. The molecule has 1 N–H and O–H groups in total. The van der Waals surface area contributed by atoms with Crippen molar-refractivity contribution in [3.63, 3.8) is 0 Å². The van der Waals surface area contributed by atoms with Gasteiger partial charge in [-0.3, -0.25) is 4.79 Å². The lowest BCUT2D eigenvalue weighted by Crippen LogP contribution is -1.93. The van der Waals surface area contributed by atoms with Gasteiger partial charge in [0.05, 0.1) is 0 Å². The molecule has 0 aliphatic heterocycles. The SMILES string of the molecule is CCC=CC=CC=CC=CC=CCCCCCC(=O)O. The lowest BCUT2D eigenvalue weighted by Gasteiger charge is -1.94. The van der Waals surface area contributed by atoms with Crippen LogP contribution in [0.15, 0.2) is 60.8 Å². The summed E-state index contributed by atoms with van der Waals surface area (Å²) >= 11 is 0. The number of carboxylic acid groups (broad SMARTS) is 1. The van der Waals surface area contributed by atoms with Gasteiger partial charge >= 0.3 is 5.97 Å². The maximum absolute atomic E-state index is 10.3. The molecular weight excluding hydrogens is 248 g/mol. The van der Waals surface area contributed by atoms with Crippen LogP contribution in [0.3, 0.4) is 0 Å². The number of hydrogen-bond donors (Lipinski definition) is 1. The zero-order valence-electron chi connectivity index (χ0n) is 12.4. The summed E-state index contributed by atoms with van der Waals surface area (Å²) < 4.78 is 0. The third-order valence-electron chi connectivity index (χ3n) is 2.55. The molecule has 2 nitrogen and oxygen atoms in total. The van der Waals surface area contributed by atoms with Crippen LogP contribution < -0.4 is 0 Å². The van der Waals surface area contributed by atoms with Gasteiger partial charge < -0.3 is 5.11 Å². The highest BCUT2D eigenvalue weighted by atomic mass is 16.4. The topological polar surface area (TPSA) is 37.3 Å². The number of carbonyl (C=O) groups is 1. The van der Waals surface area contributed by atoms with Crippen LogP contribution in [0.2, 0.25) is 0 Å². The fourth-order valence-corrected chi connectivity index (χ4v) is 1.49. The highest BCUT2D eigenvalue weighted by Crippen LogP contribution is 2.03. The van der Waals surface area contributed by atoms with Crippen LogP contribution in [0.4, 0.5) is 0 Å². The van der Waals surface area contributed by atoms with E-state index in [0.29, 0.717) is 0 Å². The Morgan fingerprint density at radius 3 is 1.90 bits per heavy atom. The predicted octanol–water partition coefficient (Wildman–Crippen LogP) is 5.21. The van der Waals surface area contributed by atoms with E-state index < -0.39 is 5.97 Å². The van der Waals surface area contributed by atoms with Crippen molar-refractivity contribution in [1.82, 2.24) is 0 Å². The molecule has 0 fully saturated rings. The first-order valence-electron chi connectivity index (χ1n) is 7.30. The van der Waals surface area contributed by atoms with E-state index in [0.717, 1.165) is 32.1 Å². The Hall–Kier alpha value is -1.83. The Labute approximate surface area is 122 Å². The second-order valence-electron chi connectivity index (χ2n) is 4.41. The van der Waals surface area contributed by atoms with Crippen LogP contribution in [0.5, 0.6) is 0 Å². The summed E-state index contributed by atoms with van der Waals surface area (Å²) in [6.45, 7) is 2.11. The van der Waals surface area contributed by atoms with E-state index in [9.17, 15) is 4.79 Å². The zero-order chi connectivity index (χ0) is 14.9. The predicted molar refractivity (Wildman–Crippen MR) is 86.7 cm³/mol. The van der Waals surface area contributed by atoms with E-state index in [1.54, 1.807) is 0 Å². The summed E-state index contributed by atoms with van der Waals surface area (Å²) in [5.74, 6) is -0.700. The maximum atomic E-state index is 10.3. The number of aliphatic carboxylic acids is 1. The molecule has 0 amide bonds. The molecule has 0 unspecified atom stereocenters. The van der Waals surface area contributed by atoms with Crippen LogP contribution in [0, 0.1) is 0 Å². The Balaban J connectivity index is 3.52. The van der Waals surface area contributed by atoms with Gasteiger partial charge in [-0.05, 0) is 25.7 Å². The van der Waals surface area contributed by atoms with E-state index in [1.165, 1.54) is 0 Å². The van der Waals surface area contributed by atoms with Crippen molar-refractivity contribution in [3.8, 4) is 0 Å². The van der Waals surface area contributed by atoms with Gasteiger partial charge in [-0.1, -0.05) is 74.1 Å². The summed E-state index contributed by atoms with van der Waals surface area (Å²) in [5.41, 5.74) is 0. The number of rotatable bonds is 11. The Kier molecular flexibility index (Phi) is 13.8. The van der Waals surface area contributed by atoms with Crippen molar-refractivity contribution >= 4 is 5.97 Å². The number of hydrogen-bond acceptors (Lipinski definition) is 1. The van der Waals surface area contributed by atoms with E-state index in [-0.39, 0.29) is 6.42 Å². The fourth-order valence-electron chi connectivity index (χ4n) is 1.49. The second kappa shape index (κ2) is 15.2. The van der Waals surface area contributed by atoms with Crippen molar-refractivity contribution in [3.05, 3.63) is 60.8 Å². The van der Waals surface area contributed by atoms with Gasteiger partial charge in [0.2, 0.25) is 0 Å². The van der Waals surface area contributed by atoms with Gasteiger partial charge in [-0.25, -0.2) is 0 Å². The van der Waals surface area contributed by atoms with Gasteiger partial charge in [0.15, 0.2) is 0 Å². The molecule has 0 spiro atoms. The molecule has 0 aliphatic carbocycles. The Morgan fingerprint density at radius 1 is 0.800 bits per heavy atom. The summed E-state index contributed by atoms with van der Waals surface area (Å²) in [7, 11) is 0. The van der Waals surface area contributed by atoms with E-state index in [4.69, 9.17) is 5.11 Å². The lowest BCUT2D eigenvalue weighted by atomic mass is 10.1. The van der Waals surface area contributed by atoms with Crippen molar-refractivity contribution in [2.75, 3.05) is 0 Å². The first-order chi connectivity index (χ1) is 9.77. The summed E-state index contributed by atoms with van der Waals surface area (Å²) in [5, 5.41) is 8.48. The highest BCUT2D eigenvalue weighted by molar-refractivity contribution is 5.66. The lowest BCUT2D eigenvalue weighted by molar-refractivity contribution is -0.137. The molecule has 0 radical (unpaired) electrons. The first kappa shape index (κ1) is 18.2. The highest BCUT2D eigenvalue weighted by Gasteiger charge is 1.94. The number of carboxylic acids is 1. The molecule has 2 heteroatoms. The molecular formula is C18H26O2. The standard InChI is InChI=1S/C18H26O2/c1-2-3-4-5-6-7-8-9-10-11-12-13-14-15-16-17-18(19)20/h3-12H,2,13-17H2,1H3,(H,19,20). The first-order valence-corrected chi connectivity index (χ1v) is 7.30. The fraction of sp³-hybridized carbons (Fsp3) is 0.389. The Bertz CT molecular complexity index is 371. The summed E-state index contributed by atoms with van der Waals surface area (Å²) in [6, 6.07) is 0. The van der Waals surface area contributed by atoms with Gasteiger partial charge in [-0.2, -0.15) is 0 Å². The molecule has 0 bridgehead atoms.